The van der Waals surface area contributed by atoms with Gasteiger partial charge in [-0.2, -0.15) is 0 Å². The fourth-order valence-corrected chi connectivity index (χ4v) is 4.47. The zero-order chi connectivity index (χ0) is 18.5. The number of likely N-dealkylation sites (tertiary alicyclic amines) is 2. The number of hydrogen-bond acceptors (Lipinski definition) is 3. The van der Waals surface area contributed by atoms with Crippen molar-refractivity contribution in [2.24, 2.45) is 5.92 Å². The third kappa shape index (κ3) is 2.56. The number of imide groups is 1. The molecule has 0 aliphatic carbocycles. The van der Waals surface area contributed by atoms with Gasteiger partial charge in [0.25, 0.3) is 0 Å². The van der Waals surface area contributed by atoms with E-state index in [-0.39, 0.29) is 23.8 Å². The van der Waals surface area contributed by atoms with E-state index in [4.69, 9.17) is 11.6 Å². The quantitative estimate of drug-likeness (QED) is 0.776. The monoisotopic (exact) mass is 368 g/mol. The number of piperidine rings is 1. The largest absolute Gasteiger partial charge is 0.285 e. The van der Waals surface area contributed by atoms with Crippen molar-refractivity contribution in [2.45, 2.75) is 31.5 Å². The third-order valence-corrected chi connectivity index (χ3v) is 6.13. The molecule has 2 saturated heterocycles. The number of hydrogen-bond donors (Lipinski definition) is 0. The van der Waals surface area contributed by atoms with E-state index in [1.54, 1.807) is 0 Å². The molecular weight excluding hydrogens is 348 g/mol. The predicted molar refractivity (Wildman–Crippen MR) is 100 cm³/mol. The first-order valence-corrected chi connectivity index (χ1v) is 9.18. The predicted octanol–water partition coefficient (Wildman–Crippen LogP) is 3.66. The van der Waals surface area contributed by atoms with Crippen molar-refractivity contribution >= 4 is 23.4 Å². The fraction of sp³-hybridized carbons (Fsp3) is 0.333. The molecule has 5 heteroatoms. The van der Waals surface area contributed by atoms with Crippen LogP contribution in [0.3, 0.4) is 0 Å². The molecule has 3 atom stereocenters. The second kappa shape index (κ2) is 6.22. The van der Waals surface area contributed by atoms with Gasteiger partial charge in [-0.25, -0.2) is 0 Å². The van der Waals surface area contributed by atoms with Crippen molar-refractivity contribution < 1.29 is 9.59 Å². The molecule has 0 saturated carbocycles. The lowest BCUT2D eigenvalue weighted by Crippen LogP contribution is -2.57. The fourth-order valence-electron chi connectivity index (χ4n) is 4.34. The van der Waals surface area contributed by atoms with Gasteiger partial charge in [0.1, 0.15) is 0 Å². The third-order valence-electron chi connectivity index (χ3n) is 5.88. The Bertz CT molecular complexity index is 852. The van der Waals surface area contributed by atoms with Crippen molar-refractivity contribution in [3.63, 3.8) is 0 Å². The number of carbonyl (C=O) groups is 2. The van der Waals surface area contributed by atoms with E-state index in [0.717, 1.165) is 11.1 Å². The molecule has 0 unspecified atom stereocenters. The normalized spacial score (nSPS) is 28.7. The van der Waals surface area contributed by atoms with Gasteiger partial charge in [0, 0.05) is 11.1 Å². The first-order chi connectivity index (χ1) is 12.4. The molecule has 2 aromatic carbocycles. The van der Waals surface area contributed by atoms with Crippen LogP contribution in [0.25, 0.3) is 0 Å². The zero-order valence-electron chi connectivity index (χ0n) is 14.9. The highest BCUT2D eigenvalue weighted by molar-refractivity contribution is 6.30. The Kier molecular flexibility index (Phi) is 4.13. The number of nitrogens with zero attached hydrogens (tertiary/aromatic N) is 2. The van der Waals surface area contributed by atoms with Gasteiger partial charge in [-0.15, -0.1) is 0 Å². The molecule has 2 heterocycles. The minimum absolute atomic E-state index is 0.0828. The van der Waals surface area contributed by atoms with E-state index in [1.165, 1.54) is 4.90 Å². The highest BCUT2D eigenvalue weighted by atomic mass is 35.5. The Morgan fingerprint density at radius 2 is 1.73 bits per heavy atom. The molecule has 2 fully saturated rings. The topological polar surface area (TPSA) is 40.6 Å². The molecule has 0 aromatic heterocycles. The molecule has 2 aromatic rings. The molecule has 4 nitrogen and oxygen atoms in total. The van der Waals surface area contributed by atoms with E-state index in [2.05, 4.69) is 4.90 Å². The van der Waals surface area contributed by atoms with Crippen LogP contribution in [0.2, 0.25) is 5.02 Å². The first-order valence-electron chi connectivity index (χ1n) is 8.80. The Morgan fingerprint density at radius 1 is 1.08 bits per heavy atom. The summed E-state index contributed by atoms with van der Waals surface area (Å²) < 4.78 is 0. The Morgan fingerprint density at radius 3 is 2.38 bits per heavy atom. The van der Waals surface area contributed by atoms with Gasteiger partial charge < -0.3 is 0 Å². The second-order valence-electron chi connectivity index (χ2n) is 7.41. The van der Waals surface area contributed by atoms with Crippen LogP contribution in [-0.4, -0.2) is 34.2 Å². The summed E-state index contributed by atoms with van der Waals surface area (Å²) >= 11 is 6.02. The Balaban J connectivity index is 1.71. The summed E-state index contributed by atoms with van der Waals surface area (Å²) in [4.78, 5) is 29.9. The van der Waals surface area contributed by atoms with E-state index < -0.39 is 5.54 Å². The lowest BCUT2D eigenvalue weighted by molar-refractivity contribution is -0.156. The van der Waals surface area contributed by atoms with Crippen LogP contribution in [0, 0.1) is 5.92 Å². The first kappa shape index (κ1) is 17.3. The highest BCUT2D eigenvalue weighted by Gasteiger charge is 2.60. The van der Waals surface area contributed by atoms with E-state index in [1.807, 2.05) is 68.6 Å². The number of fused-ring (bicyclic) bond motifs is 2. The van der Waals surface area contributed by atoms with Gasteiger partial charge in [-0.05, 0) is 43.7 Å². The van der Waals surface area contributed by atoms with Crippen LogP contribution >= 0.6 is 11.6 Å². The molecule has 26 heavy (non-hydrogen) atoms. The van der Waals surface area contributed by atoms with Crippen LogP contribution in [0.4, 0.5) is 0 Å². The van der Waals surface area contributed by atoms with Crippen molar-refractivity contribution in [1.82, 2.24) is 9.80 Å². The molecule has 0 N–H and O–H groups in total. The molecular formula is C21H21ClN2O2. The maximum Gasteiger partial charge on any atom is 0.249 e. The van der Waals surface area contributed by atoms with Crippen LogP contribution in [0.1, 0.15) is 30.5 Å². The average molecular weight is 369 g/mol. The number of halogens is 1. The molecule has 0 spiro atoms. The van der Waals surface area contributed by atoms with Crippen LogP contribution in [0.5, 0.6) is 0 Å². The van der Waals surface area contributed by atoms with Gasteiger partial charge in [0.15, 0.2) is 0 Å². The summed E-state index contributed by atoms with van der Waals surface area (Å²) in [7, 11) is 1.94. The van der Waals surface area contributed by atoms with Gasteiger partial charge >= 0.3 is 0 Å². The maximum atomic E-state index is 13.2. The Hall–Kier alpha value is -2.17. The second-order valence-corrected chi connectivity index (χ2v) is 7.84. The SMILES string of the molecule is CN1[C@H](c2ccc(Cl)cc2)[C@H]2C[C@]1(C)C(=O)N(Cc1ccccc1)C2=O. The number of carbonyl (C=O) groups excluding carboxylic acids is 2. The van der Waals surface area contributed by atoms with Crippen molar-refractivity contribution in [2.75, 3.05) is 7.05 Å². The summed E-state index contributed by atoms with van der Waals surface area (Å²) in [5.74, 6) is -0.421. The average Bonchev–Trinajstić information content (AvgIpc) is 2.90. The van der Waals surface area contributed by atoms with Gasteiger partial charge in [-0.1, -0.05) is 54.1 Å². The van der Waals surface area contributed by atoms with Crippen LogP contribution in [-0.2, 0) is 16.1 Å². The summed E-state index contributed by atoms with van der Waals surface area (Å²) in [6.07, 6.45) is 0.555. The number of amides is 2. The molecule has 0 radical (unpaired) electrons. The minimum atomic E-state index is -0.669. The summed E-state index contributed by atoms with van der Waals surface area (Å²) in [6.45, 7) is 2.27. The lowest BCUT2D eigenvalue weighted by Gasteiger charge is -2.37. The molecule has 2 aliphatic heterocycles. The van der Waals surface area contributed by atoms with E-state index >= 15 is 0 Å². The van der Waals surface area contributed by atoms with E-state index in [0.29, 0.717) is 18.0 Å². The van der Waals surface area contributed by atoms with Crippen LogP contribution < -0.4 is 0 Å². The molecule has 2 amide bonds. The van der Waals surface area contributed by atoms with Crippen LogP contribution in [0.15, 0.2) is 54.6 Å². The maximum absolute atomic E-state index is 13.2. The lowest BCUT2D eigenvalue weighted by atomic mass is 9.84. The van der Waals surface area contributed by atoms with Gasteiger partial charge in [0.2, 0.25) is 11.8 Å². The van der Waals surface area contributed by atoms with E-state index in [9.17, 15) is 9.59 Å². The number of likely N-dealkylation sites (N-methyl/N-ethyl adjacent to an activating group) is 1. The zero-order valence-corrected chi connectivity index (χ0v) is 15.6. The smallest absolute Gasteiger partial charge is 0.249 e. The summed E-state index contributed by atoms with van der Waals surface area (Å²) in [5.41, 5.74) is 1.32. The molecule has 2 aliphatic rings. The highest BCUT2D eigenvalue weighted by Crippen LogP contribution is 2.50. The minimum Gasteiger partial charge on any atom is -0.285 e. The van der Waals surface area contributed by atoms with Crippen molar-refractivity contribution in [3.8, 4) is 0 Å². The molecule has 134 valence electrons. The summed E-state index contributed by atoms with van der Waals surface area (Å²) in [6, 6.07) is 17.1. The van der Waals surface area contributed by atoms with Crippen molar-refractivity contribution in [1.29, 1.82) is 0 Å². The number of rotatable bonds is 3. The standard InChI is InChI=1S/C21H21ClN2O2/c1-21-12-17(18(23(21)2)15-8-10-16(22)11-9-15)19(25)24(20(21)26)13-14-6-4-3-5-7-14/h3-11,17-18H,12-13H2,1-2H3/t17-,18-,21-/m1/s1. The summed E-state index contributed by atoms with van der Waals surface area (Å²) in [5, 5.41) is 0.664. The van der Waals surface area contributed by atoms with Gasteiger partial charge in [0.05, 0.1) is 18.0 Å². The number of benzene rings is 2. The molecule has 4 rings (SSSR count). The van der Waals surface area contributed by atoms with Crippen molar-refractivity contribution in [3.05, 3.63) is 70.7 Å². The van der Waals surface area contributed by atoms with Gasteiger partial charge in [-0.3, -0.25) is 19.4 Å². The Labute approximate surface area is 158 Å². The molecule has 2 bridgehead atoms.